The van der Waals surface area contributed by atoms with Crippen molar-refractivity contribution in [1.82, 2.24) is 9.55 Å². The molecule has 7 nitrogen and oxygen atoms in total. The molecule has 3 aromatic heterocycles. The number of aryl methyl sites for hydroxylation is 1. The van der Waals surface area contributed by atoms with Gasteiger partial charge in [0.05, 0.1) is 21.0 Å². The second kappa shape index (κ2) is 9.37. The van der Waals surface area contributed by atoms with Gasteiger partial charge in [0.2, 0.25) is 11.7 Å². The lowest BCUT2D eigenvalue weighted by molar-refractivity contribution is 0.101. The number of aromatic hydroxyl groups is 2. The molecular weight excluding hydrogens is 498 g/mol. The van der Waals surface area contributed by atoms with Crippen LogP contribution in [0.25, 0.3) is 26.6 Å². The van der Waals surface area contributed by atoms with Gasteiger partial charge in [-0.3, -0.25) is 9.36 Å². The molecule has 3 heterocycles. The van der Waals surface area contributed by atoms with Crippen molar-refractivity contribution in [3.8, 4) is 28.0 Å². The average molecular weight is 522 g/mol. The molecule has 0 unspecified atom stereocenters. The van der Waals surface area contributed by atoms with Crippen molar-refractivity contribution in [2.45, 2.75) is 20.8 Å². The van der Waals surface area contributed by atoms with Gasteiger partial charge in [0, 0.05) is 18.8 Å². The summed E-state index contributed by atoms with van der Waals surface area (Å²) < 4.78 is 7.76. The number of anilines is 1. The lowest BCUT2D eigenvalue weighted by atomic mass is 10.0. The number of thiazole rings is 1. The van der Waals surface area contributed by atoms with Crippen LogP contribution in [0.4, 0.5) is 5.69 Å². The Bertz CT molecular complexity index is 1580. The van der Waals surface area contributed by atoms with Gasteiger partial charge in [-0.25, -0.2) is 4.98 Å². The fourth-order valence-corrected chi connectivity index (χ4v) is 5.59. The standard InChI is InChI=1S/C27H24ClN3O4S/c1-4-30(5-2)17-12-10-16(11-13-17)23-21(24(32)19-14-9-15(3)35-19)25(33)26(34)31(23)27-29-22-18(28)7-6-8-20(22)36-27/h6-14,33-34H,4-5H2,1-3H3. The largest absolute Gasteiger partial charge is 0.503 e. The highest BCUT2D eigenvalue weighted by molar-refractivity contribution is 7.21. The van der Waals surface area contributed by atoms with Crippen molar-refractivity contribution in [3.63, 3.8) is 0 Å². The van der Waals surface area contributed by atoms with Crippen molar-refractivity contribution < 1.29 is 19.4 Å². The fraction of sp³-hybridized carbons (Fsp3) is 0.185. The summed E-state index contributed by atoms with van der Waals surface area (Å²) in [4.78, 5) is 20.4. The number of furan rings is 1. The van der Waals surface area contributed by atoms with Crippen molar-refractivity contribution >= 4 is 44.6 Å². The first kappa shape index (κ1) is 24.0. The summed E-state index contributed by atoms with van der Waals surface area (Å²) in [6.45, 7) is 7.60. The van der Waals surface area contributed by atoms with Gasteiger partial charge >= 0.3 is 0 Å². The highest BCUT2D eigenvalue weighted by Crippen LogP contribution is 2.46. The van der Waals surface area contributed by atoms with Gasteiger partial charge in [-0.1, -0.05) is 41.1 Å². The van der Waals surface area contributed by atoms with Gasteiger partial charge in [-0.2, -0.15) is 0 Å². The number of hydrogen-bond acceptors (Lipinski definition) is 7. The number of nitrogens with zero attached hydrogens (tertiary/aromatic N) is 3. The number of hydrogen-bond donors (Lipinski definition) is 2. The molecule has 0 fully saturated rings. The van der Waals surface area contributed by atoms with E-state index in [1.165, 1.54) is 15.9 Å². The third kappa shape index (κ3) is 3.92. The van der Waals surface area contributed by atoms with Crippen LogP contribution in [0.1, 0.15) is 35.7 Å². The Morgan fingerprint density at radius 1 is 1.08 bits per heavy atom. The molecule has 2 aromatic carbocycles. The Hall–Kier alpha value is -3.75. The van der Waals surface area contributed by atoms with E-state index in [-0.39, 0.29) is 11.3 Å². The van der Waals surface area contributed by atoms with Crippen molar-refractivity contribution in [1.29, 1.82) is 0 Å². The number of fused-ring (bicyclic) bond motifs is 1. The molecule has 0 saturated heterocycles. The highest BCUT2D eigenvalue weighted by atomic mass is 35.5. The average Bonchev–Trinajstić information content (AvgIpc) is 3.57. The van der Waals surface area contributed by atoms with E-state index in [2.05, 4.69) is 23.7 Å². The van der Waals surface area contributed by atoms with E-state index in [1.807, 2.05) is 36.4 Å². The molecule has 2 N–H and O–H groups in total. The van der Waals surface area contributed by atoms with Crippen LogP contribution in [0, 0.1) is 6.92 Å². The first-order valence-corrected chi connectivity index (χ1v) is 12.7. The summed E-state index contributed by atoms with van der Waals surface area (Å²) in [5.41, 5.74) is 2.47. The Balaban J connectivity index is 1.76. The van der Waals surface area contributed by atoms with E-state index in [9.17, 15) is 15.0 Å². The minimum Gasteiger partial charge on any atom is -0.503 e. The molecule has 0 aliphatic rings. The SMILES string of the molecule is CCN(CC)c1ccc(-c2c(C(=O)c3ccc(C)o3)c(O)c(O)n2-c2nc3c(Cl)cccc3s2)cc1. The number of carbonyl (C=O) groups is 1. The van der Waals surface area contributed by atoms with Crippen LogP contribution in [0.5, 0.6) is 11.6 Å². The number of rotatable bonds is 7. The first-order chi connectivity index (χ1) is 17.3. The van der Waals surface area contributed by atoms with E-state index in [4.69, 9.17) is 16.0 Å². The second-order valence-electron chi connectivity index (χ2n) is 8.27. The molecule has 0 atom stereocenters. The summed E-state index contributed by atoms with van der Waals surface area (Å²) >= 11 is 7.64. The Morgan fingerprint density at radius 3 is 2.42 bits per heavy atom. The van der Waals surface area contributed by atoms with Crippen LogP contribution in [0.2, 0.25) is 5.02 Å². The summed E-state index contributed by atoms with van der Waals surface area (Å²) in [6, 6.07) is 16.3. The zero-order valence-electron chi connectivity index (χ0n) is 19.9. The molecule has 36 heavy (non-hydrogen) atoms. The summed E-state index contributed by atoms with van der Waals surface area (Å²) in [5, 5.41) is 22.9. The molecule has 0 aliphatic carbocycles. The van der Waals surface area contributed by atoms with E-state index in [0.29, 0.717) is 32.7 Å². The summed E-state index contributed by atoms with van der Waals surface area (Å²) in [6.07, 6.45) is 0. The third-order valence-corrected chi connectivity index (χ3v) is 7.44. The van der Waals surface area contributed by atoms with Crippen LogP contribution >= 0.6 is 22.9 Å². The highest BCUT2D eigenvalue weighted by Gasteiger charge is 2.32. The fourth-order valence-electron chi connectivity index (χ4n) is 4.32. The molecule has 0 aliphatic heterocycles. The molecule has 5 rings (SSSR count). The quantitative estimate of drug-likeness (QED) is 0.229. The molecule has 0 spiro atoms. The molecule has 0 radical (unpaired) electrons. The molecule has 9 heteroatoms. The number of aromatic nitrogens is 2. The normalized spacial score (nSPS) is 11.3. The lowest BCUT2D eigenvalue weighted by Gasteiger charge is -2.21. The molecule has 0 amide bonds. The van der Waals surface area contributed by atoms with Gasteiger partial charge < -0.3 is 19.5 Å². The molecule has 0 bridgehead atoms. The molecular formula is C27H24ClN3O4S. The van der Waals surface area contributed by atoms with Gasteiger partial charge in [0.15, 0.2) is 16.6 Å². The number of carbonyl (C=O) groups excluding carboxylic acids is 1. The van der Waals surface area contributed by atoms with Gasteiger partial charge in [0.1, 0.15) is 11.3 Å². The molecule has 0 saturated carbocycles. The smallest absolute Gasteiger partial charge is 0.242 e. The van der Waals surface area contributed by atoms with Crippen LogP contribution in [-0.4, -0.2) is 38.6 Å². The number of ketones is 1. The second-order valence-corrected chi connectivity index (χ2v) is 9.69. The maximum atomic E-state index is 13.5. The van der Waals surface area contributed by atoms with Gasteiger partial charge in [-0.15, -0.1) is 0 Å². The third-order valence-electron chi connectivity index (χ3n) is 6.13. The Morgan fingerprint density at radius 2 is 1.81 bits per heavy atom. The maximum absolute atomic E-state index is 13.5. The van der Waals surface area contributed by atoms with E-state index in [0.717, 1.165) is 23.5 Å². The number of para-hydroxylation sites is 1. The van der Waals surface area contributed by atoms with Crippen LogP contribution in [0.15, 0.2) is 59.0 Å². The topological polar surface area (TPSA) is 91.7 Å². The summed E-state index contributed by atoms with van der Waals surface area (Å²) in [5.74, 6) is -0.945. The van der Waals surface area contributed by atoms with Crippen LogP contribution in [0.3, 0.4) is 0 Å². The molecule has 184 valence electrons. The van der Waals surface area contributed by atoms with Gasteiger partial charge in [-0.05, 0) is 62.7 Å². The summed E-state index contributed by atoms with van der Waals surface area (Å²) in [7, 11) is 0. The monoisotopic (exact) mass is 521 g/mol. The van der Waals surface area contributed by atoms with E-state index >= 15 is 0 Å². The minimum absolute atomic E-state index is 0.0632. The lowest BCUT2D eigenvalue weighted by Crippen LogP contribution is -2.21. The predicted molar refractivity (Wildman–Crippen MR) is 143 cm³/mol. The van der Waals surface area contributed by atoms with E-state index in [1.54, 1.807) is 25.1 Å². The Kier molecular flexibility index (Phi) is 6.24. The zero-order chi connectivity index (χ0) is 25.6. The predicted octanol–water partition coefficient (Wildman–Crippen LogP) is 6.80. The zero-order valence-corrected chi connectivity index (χ0v) is 21.5. The maximum Gasteiger partial charge on any atom is 0.242 e. The van der Waals surface area contributed by atoms with Crippen molar-refractivity contribution in [2.24, 2.45) is 0 Å². The van der Waals surface area contributed by atoms with Crippen LogP contribution in [-0.2, 0) is 0 Å². The Labute approximate surface area is 216 Å². The van der Waals surface area contributed by atoms with Crippen molar-refractivity contribution in [3.05, 3.63) is 76.7 Å². The first-order valence-electron chi connectivity index (χ1n) is 11.5. The minimum atomic E-state index is -0.545. The number of benzene rings is 2. The number of halogens is 1. The van der Waals surface area contributed by atoms with Crippen molar-refractivity contribution in [2.75, 3.05) is 18.0 Å². The van der Waals surface area contributed by atoms with Gasteiger partial charge in [0.25, 0.3) is 0 Å². The molecule has 5 aromatic rings. The van der Waals surface area contributed by atoms with Crippen LogP contribution < -0.4 is 4.90 Å². The van der Waals surface area contributed by atoms with E-state index < -0.39 is 17.4 Å².